The first kappa shape index (κ1) is 16.5. The second kappa shape index (κ2) is 7.47. The van der Waals surface area contributed by atoms with Gasteiger partial charge in [0.05, 0.1) is 0 Å². The average Bonchev–Trinajstić information content (AvgIpc) is 2.84. The van der Waals surface area contributed by atoms with E-state index in [9.17, 15) is 14.4 Å². The van der Waals surface area contributed by atoms with Gasteiger partial charge in [0.1, 0.15) is 6.54 Å². The number of nitrogens with zero attached hydrogens (tertiary/aromatic N) is 2. The third kappa shape index (κ3) is 3.93. The Balaban J connectivity index is 1.54. The summed E-state index contributed by atoms with van der Waals surface area (Å²) < 4.78 is 0. The molecule has 0 bridgehead atoms. The molecule has 1 aromatic rings. The molecule has 128 valence electrons. The Labute approximate surface area is 141 Å². The van der Waals surface area contributed by atoms with E-state index < -0.39 is 6.03 Å². The van der Waals surface area contributed by atoms with Crippen LogP contribution in [0, 0.1) is 5.92 Å². The first-order chi connectivity index (χ1) is 11.6. The van der Waals surface area contributed by atoms with Crippen molar-refractivity contribution in [2.24, 2.45) is 5.92 Å². The Bertz CT molecular complexity index is 611. The van der Waals surface area contributed by atoms with Gasteiger partial charge in [-0.25, -0.2) is 4.79 Å². The van der Waals surface area contributed by atoms with E-state index in [1.54, 1.807) is 0 Å². The molecule has 1 aromatic carbocycles. The molecule has 0 spiro atoms. The molecule has 6 heteroatoms. The van der Waals surface area contributed by atoms with Gasteiger partial charge in [0, 0.05) is 13.0 Å². The molecule has 0 aromatic heterocycles. The maximum Gasteiger partial charge on any atom is 0.346 e. The Hall–Kier alpha value is -2.37. The van der Waals surface area contributed by atoms with Crippen molar-refractivity contribution in [3.05, 3.63) is 35.9 Å². The van der Waals surface area contributed by atoms with Crippen molar-refractivity contribution in [1.82, 2.24) is 15.3 Å². The summed E-state index contributed by atoms with van der Waals surface area (Å²) in [6.45, 7) is 0.359. The fourth-order valence-electron chi connectivity index (χ4n) is 3.41. The minimum Gasteiger partial charge on any atom is -0.309 e. The van der Waals surface area contributed by atoms with Gasteiger partial charge in [-0.1, -0.05) is 49.6 Å². The summed E-state index contributed by atoms with van der Waals surface area (Å²) in [6.07, 6.45) is 6.03. The minimum absolute atomic E-state index is 0.00254. The number of hydrazine groups is 1. The maximum absolute atomic E-state index is 12.4. The van der Waals surface area contributed by atoms with Crippen molar-refractivity contribution in [3.63, 3.8) is 0 Å². The highest BCUT2D eigenvalue weighted by atomic mass is 16.2. The van der Waals surface area contributed by atoms with Crippen LogP contribution in [-0.2, 0) is 16.1 Å². The molecule has 1 N–H and O–H groups in total. The monoisotopic (exact) mass is 329 g/mol. The fraction of sp³-hybridized carbons (Fsp3) is 0.500. The van der Waals surface area contributed by atoms with E-state index in [2.05, 4.69) is 5.43 Å². The van der Waals surface area contributed by atoms with Crippen molar-refractivity contribution in [3.8, 4) is 0 Å². The first-order valence-corrected chi connectivity index (χ1v) is 8.59. The summed E-state index contributed by atoms with van der Waals surface area (Å²) in [5.74, 6) is -0.259. The van der Waals surface area contributed by atoms with Crippen molar-refractivity contribution >= 4 is 17.8 Å². The van der Waals surface area contributed by atoms with Gasteiger partial charge in [0.25, 0.3) is 5.91 Å². The van der Waals surface area contributed by atoms with Crippen LogP contribution >= 0.6 is 0 Å². The zero-order chi connectivity index (χ0) is 16.9. The second-order valence-corrected chi connectivity index (χ2v) is 6.60. The summed E-state index contributed by atoms with van der Waals surface area (Å²) in [5.41, 5.74) is 3.45. The Kier molecular flexibility index (Phi) is 5.13. The van der Waals surface area contributed by atoms with Crippen LogP contribution in [0.25, 0.3) is 0 Å². The number of carbonyl (C=O) groups excluding carboxylic acids is 3. The Morgan fingerprint density at radius 3 is 2.50 bits per heavy atom. The van der Waals surface area contributed by atoms with Crippen molar-refractivity contribution in [2.45, 2.75) is 45.1 Å². The molecule has 24 heavy (non-hydrogen) atoms. The van der Waals surface area contributed by atoms with Crippen molar-refractivity contribution in [1.29, 1.82) is 0 Å². The number of urea groups is 1. The zero-order valence-corrected chi connectivity index (χ0v) is 13.7. The number of hydrogen-bond donors (Lipinski definition) is 1. The van der Waals surface area contributed by atoms with Gasteiger partial charge in [-0.05, 0) is 24.3 Å². The average molecular weight is 329 g/mol. The van der Waals surface area contributed by atoms with Gasteiger partial charge in [-0.3, -0.25) is 15.0 Å². The number of benzene rings is 1. The number of amides is 4. The molecule has 2 fully saturated rings. The molecule has 0 unspecified atom stereocenters. The van der Waals surface area contributed by atoms with Gasteiger partial charge in [-0.2, -0.15) is 5.01 Å². The Morgan fingerprint density at radius 2 is 1.79 bits per heavy atom. The molecular weight excluding hydrogens is 306 g/mol. The van der Waals surface area contributed by atoms with Crippen LogP contribution in [0.15, 0.2) is 30.3 Å². The van der Waals surface area contributed by atoms with Crippen molar-refractivity contribution < 1.29 is 14.4 Å². The fourth-order valence-corrected chi connectivity index (χ4v) is 3.41. The predicted octanol–water partition coefficient (Wildman–Crippen LogP) is 2.45. The van der Waals surface area contributed by atoms with E-state index >= 15 is 0 Å². The highest BCUT2D eigenvalue weighted by molar-refractivity contribution is 6.03. The number of carbonyl (C=O) groups is 3. The molecule has 2 aliphatic rings. The van der Waals surface area contributed by atoms with Crippen LogP contribution in [0.1, 0.15) is 44.1 Å². The van der Waals surface area contributed by atoms with Gasteiger partial charge >= 0.3 is 6.03 Å². The van der Waals surface area contributed by atoms with E-state index in [1.165, 1.54) is 11.3 Å². The summed E-state index contributed by atoms with van der Waals surface area (Å²) in [5, 5.41) is 0.869. The van der Waals surface area contributed by atoms with Crippen LogP contribution in [0.3, 0.4) is 0 Å². The number of imide groups is 1. The lowest BCUT2D eigenvalue weighted by atomic mass is 9.87. The highest BCUT2D eigenvalue weighted by Gasteiger charge is 2.37. The normalized spacial score (nSPS) is 19.0. The van der Waals surface area contributed by atoms with Gasteiger partial charge in [0.15, 0.2) is 0 Å². The topological polar surface area (TPSA) is 69.7 Å². The summed E-state index contributed by atoms with van der Waals surface area (Å²) in [4.78, 5) is 38.0. The second-order valence-electron chi connectivity index (χ2n) is 6.60. The van der Waals surface area contributed by atoms with Crippen LogP contribution in [0.5, 0.6) is 0 Å². The van der Waals surface area contributed by atoms with E-state index in [4.69, 9.17) is 0 Å². The molecule has 1 aliphatic carbocycles. The zero-order valence-electron chi connectivity index (χ0n) is 13.7. The molecule has 1 heterocycles. The van der Waals surface area contributed by atoms with E-state index in [1.807, 2.05) is 30.3 Å². The smallest absolute Gasteiger partial charge is 0.309 e. The highest BCUT2D eigenvalue weighted by Crippen LogP contribution is 2.26. The van der Waals surface area contributed by atoms with E-state index in [0.29, 0.717) is 18.9 Å². The van der Waals surface area contributed by atoms with Crippen LogP contribution in [0.4, 0.5) is 4.79 Å². The SMILES string of the molecule is O=C(CC1CCCCC1)NN1C(=O)CN(Cc2ccccc2)C1=O. The number of rotatable bonds is 5. The standard InChI is InChI=1S/C18H23N3O3/c22-16(11-14-7-3-1-4-8-14)19-21-17(23)13-20(18(21)24)12-15-9-5-2-6-10-15/h2,5-6,9-10,14H,1,3-4,7-8,11-13H2,(H,19,22). The lowest BCUT2D eigenvalue weighted by molar-refractivity contribution is -0.135. The molecular formula is C18H23N3O3. The molecule has 1 saturated carbocycles. The van der Waals surface area contributed by atoms with Gasteiger partial charge in [0.2, 0.25) is 5.91 Å². The summed E-state index contributed by atoms with van der Waals surface area (Å²) >= 11 is 0. The number of nitrogens with one attached hydrogen (secondary N) is 1. The third-order valence-corrected chi connectivity index (χ3v) is 4.69. The van der Waals surface area contributed by atoms with E-state index in [-0.39, 0.29) is 18.4 Å². The molecule has 4 amide bonds. The van der Waals surface area contributed by atoms with Gasteiger partial charge < -0.3 is 4.90 Å². The van der Waals surface area contributed by atoms with Crippen LogP contribution in [0.2, 0.25) is 0 Å². The molecule has 0 atom stereocenters. The molecule has 6 nitrogen and oxygen atoms in total. The van der Waals surface area contributed by atoms with Gasteiger partial charge in [-0.15, -0.1) is 0 Å². The lowest BCUT2D eigenvalue weighted by Gasteiger charge is -2.22. The molecule has 0 radical (unpaired) electrons. The lowest BCUT2D eigenvalue weighted by Crippen LogP contribution is -2.47. The minimum atomic E-state index is -0.458. The predicted molar refractivity (Wildman–Crippen MR) is 88.4 cm³/mol. The first-order valence-electron chi connectivity index (χ1n) is 8.59. The van der Waals surface area contributed by atoms with Crippen molar-refractivity contribution in [2.75, 3.05) is 6.54 Å². The van der Waals surface area contributed by atoms with Crippen LogP contribution in [-0.4, -0.2) is 34.3 Å². The Morgan fingerprint density at radius 1 is 1.08 bits per heavy atom. The largest absolute Gasteiger partial charge is 0.346 e. The summed E-state index contributed by atoms with van der Waals surface area (Å²) in [7, 11) is 0. The summed E-state index contributed by atoms with van der Waals surface area (Å²) in [6, 6.07) is 9.03. The maximum atomic E-state index is 12.4. The number of hydrogen-bond acceptors (Lipinski definition) is 3. The third-order valence-electron chi connectivity index (χ3n) is 4.69. The molecule has 1 aliphatic heterocycles. The van der Waals surface area contributed by atoms with Crippen LogP contribution < -0.4 is 5.43 Å². The van der Waals surface area contributed by atoms with E-state index in [0.717, 1.165) is 36.3 Å². The quantitative estimate of drug-likeness (QED) is 0.844. The molecule has 3 rings (SSSR count). The molecule has 1 saturated heterocycles.